The number of fused-ring (bicyclic) bond motifs is 1. The number of hydrogen-bond donors (Lipinski definition) is 1. The van der Waals surface area contributed by atoms with E-state index in [0.29, 0.717) is 18.0 Å². The van der Waals surface area contributed by atoms with Gasteiger partial charge in [-0.25, -0.2) is 0 Å². The Hall–Kier alpha value is -3.93. The van der Waals surface area contributed by atoms with Crippen molar-refractivity contribution < 1.29 is 14.3 Å². The maximum atomic E-state index is 13.2. The van der Waals surface area contributed by atoms with Crippen molar-refractivity contribution in [1.29, 1.82) is 0 Å². The molecule has 162 valence electrons. The first-order chi connectivity index (χ1) is 15.6. The van der Waals surface area contributed by atoms with Crippen LogP contribution in [0, 0.1) is 0 Å². The molecule has 6 nitrogen and oxygen atoms in total. The van der Waals surface area contributed by atoms with Crippen molar-refractivity contribution in [3.8, 4) is 5.75 Å². The Morgan fingerprint density at radius 3 is 2.41 bits per heavy atom. The van der Waals surface area contributed by atoms with Gasteiger partial charge in [0.15, 0.2) is 0 Å². The van der Waals surface area contributed by atoms with Gasteiger partial charge in [-0.15, -0.1) is 0 Å². The van der Waals surface area contributed by atoms with Gasteiger partial charge in [0.25, 0.3) is 5.91 Å². The van der Waals surface area contributed by atoms with E-state index < -0.39 is 6.04 Å². The van der Waals surface area contributed by atoms with Crippen LogP contribution in [0.1, 0.15) is 25.0 Å². The highest BCUT2D eigenvalue weighted by molar-refractivity contribution is 6.20. The summed E-state index contributed by atoms with van der Waals surface area (Å²) in [5.41, 5.74) is 3.82. The quantitative estimate of drug-likeness (QED) is 0.638. The lowest BCUT2D eigenvalue weighted by Crippen LogP contribution is -2.42. The van der Waals surface area contributed by atoms with Crippen LogP contribution in [0.4, 0.5) is 11.4 Å². The fourth-order valence-electron chi connectivity index (χ4n) is 3.71. The minimum Gasteiger partial charge on any atom is -0.494 e. The summed E-state index contributed by atoms with van der Waals surface area (Å²) in [5.74, 6) is 0.236. The van der Waals surface area contributed by atoms with E-state index in [-0.39, 0.29) is 18.4 Å². The molecular weight excluding hydrogens is 402 g/mol. The zero-order valence-electron chi connectivity index (χ0n) is 18.1. The molecule has 6 heteroatoms. The number of benzodiazepines with no additional fused rings is 1. The monoisotopic (exact) mass is 427 g/mol. The molecule has 0 saturated carbocycles. The van der Waals surface area contributed by atoms with E-state index >= 15 is 0 Å². The fourth-order valence-corrected chi connectivity index (χ4v) is 3.71. The van der Waals surface area contributed by atoms with E-state index in [0.717, 1.165) is 22.6 Å². The van der Waals surface area contributed by atoms with Gasteiger partial charge in [-0.1, -0.05) is 48.5 Å². The van der Waals surface area contributed by atoms with Crippen LogP contribution in [0.5, 0.6) is 5.75 Å². The summed E-state index contributed by atoms with van der Waals surface area (Å²) in [4.78, 5) is 32.3. The SMILES string of the molecule is CCOc1ccc(NC(=O)CN2C(=O)[C@@H](C)N=C(c3ccccc3)c3ccccc32)cc1. The highest BCUT2D eigenvalue weighted by atomic mass is 16.5. The molecule has 2 amide bonds. The van der Waals surface area contributed by atoms with Crippen molar-refractivity contribution >= 4 is 28.9 Å². The second kappa shape index (κ2) is 9.47. The third-order valence-corrected chi connectivity index (χ3v) is 5.19. The van der Waals surface area contributed by atoms with E-state index in [4.69, 9.17) is 9.73 Å². The number of hydrogen-bond acceptors (Lipinski definition) is 4. The molecule has 1 aliphatic heterocycles. The van der Waals surface area contributed by atoms with Crippen LogP contribution in [0.15, 0.2) is 83.9 Å². The highest BCUT2D eigenvalue weighted by Crippen LogP contribution is 2.28. The molecule has 1 aliphatic rings. The number of ether oxygens (including phenoxy) is 1. The van der Waals surface area contributed by atoms with E-state index in [1.54, 1.807) is 31.2 Å². The largest absolute Gasteiger partial charge is 0.494 e. The van der Waals surface area contributed by atoms with Gasteiger partial charge in [0.2, 0.25) is 5.91 Å². The Kier molecular flexibility index (Phi) is 6.31. The minimum atomic E-state index is -0.615. The first kappa shape index (κ1) is 21.3. The number of carbonyl (C=O) groups is 2. The normalized spacial score (nSPS) is 15.4. The standard InChI is InChI=1S/C26H25N3O3/c1-3-32-21-15-13-20(14-16-21)28-24(30)17-29-23-12-8-7-11-22(23)25(27-18(2)26(29)31)19-9-5-4-6-10-19/h4-16,18H,3,17H2,1-2H3,(H,28,30)/t18-/m1/s1. The van der Waals surface area contributed by atoms with E-state index in [1.165, 1.54) is 4.90 Å². The van der Waals surface area contributed by atoms with E-state index in [9.17, 15) is 9.59 Å². The molecule has 4 rings (SSSR count). The predicted octanol–water partition coefficient (Wildman–Crippen LogP) is 4.30. The average Bonchev–Trinajstić information content (AvgIpc) is 2.92. The third-order valence-electron chi connectivity index (χ3n) is 5.19. The zero-order chi connectivity index (χ0) is 22.5. The second-order valence-electron chi connectivity index (χ2n) is 7.47. The van der Waals surface area contributed by atoms with Gasteiger partial charge in [0.05, 0.1) is 18.0 Å². The summed E-state index contributed by atoms with van der Waals surface area (Å²) in [6.07, 6.45) is 0. The number of benzene rings is 3. The number of carbonyl (C=O) groups excluding carboxylic acids is 2. The van der Waals surface area contributed by atoms with Crippen molar-refractivity contribution in [2.75, 3.05) is 23.4 Å². The maximum Gasteiger partial charge on any atom is 0.252 e. The van der Waals surface area contributed by atoms with E-state index in [1.807, 2.05) is 61.5 Å². The van der Waals surface area contributed by atoms with Gasteiger partial charge >= 0.3 is 0 Å². The Labute approximate surface area is 187 Å². The minimum absolute atomic E-state index is 0.106. The van der Waals surface area contributed by atoms with Crippen LogP contribution in [0.2, 0.25) is 0 Å². The van der Waals surface area contributed by atoms with Crippen LogP contribution in [-0.2, 0) is 9.59 Å². The molecule has 0 fully saturated rings. The van der Waals surface area contributed by atoms with Gasteiger partial charge in [0, 0.05) is 16.8 Å². The molecule has 1 heterocycles. The van der Waals surface area contributed by atoms with Crippen molar-refractivity contribution in [3.63, 3.8) is 0 Å². The lowest BCUT2D eigenvalue weighted by atomic mass is 10.0. The van der Waals surface area contributed by atoms with Gasteiger partial charge in [0.1, 0.15) is 18.3 Å². The molecule has 0 aromatic heterocycles. The number of amides is 2. The van der Waals surface area contributed by atoms with Gasteiger partial charge in [-0.3, -0.25) is 14.6 Å². The van der Waals surface area contributed by atoms with Crippen molar-refractivity contribution in [2.45, 2.75) is 19.9 Å². The van der Waals surface area contributed by atoms with Crippen LogP contribution in [0.25, 0.3) is 0 Å². The summed E-state index contributed by atoms with van der Waals surface area (Å²) in [5, 5.41) is 2.86. The Morgan fingerprint density at radius 1 is 1.00 bits per heavy atom. The lowest BCUT2D eigenvalue weighted by Gasteiger charge is -2.24. The van der Waals surface area contributed by atoms with Gasteiger partial charge < -0.3 is 15.0 Å². The highest BCUT2D eigenvalue weighted by Gasteiger charge is 2.30. The summed E-state index contributed by atoms with van der Waals surface area (Å²) in [6, 6.07) is 23.9. The molecule has 0 spiro atoms. The molecule has 0 bridgehead atoms. The number of para-hydroxylation sites is 1. The number of nitrogens with zero attached hydrogens (tertiary/aromatic N) is 2. The molecule has 3 aromatic rings. The first-order valence-electron chi connectivity index (χ1n) is 10.6. The molecule has 32 heavy (non-hydrogen) atoms. The molecule has 1 atom stereocenters. The molecular formula is C26H25N3O3. The summed E-state index contributed by atoms with van der Waals surface area (Å²) in [6.45, 7) is 4.15. The predicted molar refractivity (Wildman–Crippen MR) is 127 cm³/mol. The average molecular weight is 428 g/mol. The number of anilines is 2. The number of rotatable bonds is 6. The summed E-state index contributed by atoms with van der Waals surface area (Å²) >= 11 is 0. The van der Waals surface area contributed by atoms with Gasteiger partial charge in [-0.2, -0.15) is 0 Å². The van der Waals surface area contributed by atoms with Crippen molar-refractivity contribution in [3.05, 3.63) is 90.0 Å². The van der Waals surface area contributed by atoms with Crippen molar-refractivity contribution in [2.24, 2.45) is 4.99 Å². The molecule has 0 aliphatic carbocycles. The summed E-state index contributed by atoms with van der Waals surface area (Å²) in [7, 11) is 0. The number of aliphatic imine (C=N–C) groups is 1. The molecule has 0 saturated heterocycles. The lowest BCUT2D eigenvalue weighted by molar-refractivity contribution is -0.122. The smallest absolute Gasteiger partial charge is 0.252 e. The van der Waals surface area contributed by atoms with Crippen LogP contribution in [0.3, 0.4) is 0 Å². The second-order valence-corrected chi connectivity index (χ2v) is 7.47. The van der Waals surface area contributed by atoms with Gasteiger partial charge in [-0.05, 0) is 44.2 Å². The fraction of sp³-hybridized carbons (Fsp3) is 0.192. The van der Waals surface area contributed by atoms with Crippen LogP contribution in [-0.4, -0.2) is 36.7 Å². The Morgan fingerprint density at radius 2 is 1.69 bits per heavy atom. The topological polar surface area (TPSA) is 71.0 Å². The maximum absolute atomic E-state index is 13.2. The molecule has 1 N–H and O–H groups in total. The van der Waals surface area contributed by atoms with E-state index in [2.05, 4.69) is 5.32 Å². The Bertz CT molecular complexity index is 1140. The van der Waals surface area contributed by atoms with Crippen LogP contribution >= 0.6 is 0 Å². The number of nitrogens with one attached hydrogen (secondary N) is 1. The molecule has 3 aromatic carbocycles. The Balaban J connectivity index is 1.60. The third kappa shape index (κ3) is 4.54. The van der Waals surface area contributed by atoms with Crippen LogP contribution < -0.4 is 15.0 Å². The molecule has 0 radical (unpaired) electrons. The van der Waals surface area contributed by atoms with Crippen molar-refractivity contribution in [1.82, 2.24) is 0 Å². The summed E-state index contributed by atoms with van der Waals surface area (Å²) < 4.78 is 5.43. The zero-order valence-corrected chi connectivity index (χ0v) is 18.1. The first-order valence-corrected chi connectivity index (χ1v) is 10.6. The molecule has 0 unspecified atom stereocenters.